The molecule has 5 nitrogen and oxygen atoms in total. The van der Waals surface area contributed by atoms with E-state index in [0.717, 1.165) is 30.8 Å². The minimum atomic E-state index is -0.178. The van der Waals surface area contributed by atoms with Crippen LogP contribution in [0.15, 0.2) is 36.5 Å². The summed E-state index contributed by atoms with van der Waals surface area (Å²) in [5.41, 5.74) is 1.97. The average Bonchev–Trinajstić information content (AvgIpc) is 3.43. The van der Waals surface area contributed by atoms with Crippen LogP contribution < -0.4 is 10.1 Å². The van der Waals surface area contributed by atoms with Gasteiger partial charge in [-0.25, -0.2) is 4.98 Å². The molecule has 1 atom stereocenters. The first-order valence-electron chi connectivity index (χ1n) is 9.37. The minimum Gasteiger partial charge on any atom is -0.486 e. The van der Waals surface area contributed by atoms with E-state index >= 15 is 0 Å². The van der Waals surface area contributed by atoms with Gasteiger partial charge in [0.05, 0.1) is 21.5 Å². The van der Waals surface area contributed by atoms with Crippen LogP contribution in [0.2, 0.25) is 5.02 Å². The van der Waals surface area contributed by atoms with Gasteiger partial charge in [0.1, 0.15) is 11.9 Å². The zero-order chi connectivity index (χ0) is 21.3. The number of ether oxygens (including phenoxy) is 1. The van der Waals surface area contributed by atoms with Gasteiger partial charge in [0.2, 0.25) is 5.91 Å². The van der Waals surface area contributed by atoms with Crippen molar-refractivity contribution in [1.82, 2.24) is 10.3 Å². The van der Waals surface area contributed by atoms with Gasteiger partial charge >= 0.3 is 0 Å². The fourth-order valence-electron chi connectivity index (χ4n) is 3.21. The number of benzene rings is 1. The fourth-order valence-corrected chi connectivity index (χ4v) is 5.07. The molecule has 4 rings (SSSR count). The van der Waals surface area contributed by atoms with Gasteiger partial charge < -0.3 is 10.1 Å². The monoisotopic (exact) mass is 458 g/mol. The summed E-state index contributed by atoms with van der Waals surface area (Å²) in [4.78, 5) is 30.5. The van der Waals surface area contributed by atoms with E-state index < -0.39 is 0 Å². The van der Waals surface area contributed by atoms with Crippen molar-refractivity contribution in [3.8, 4) is 16.2 Å². The Hall–Kier alpha value is -2.48. The number of hydrogen-bond acceptors (Lipinski definition) is 6. The van der Waals surface area contributed by atoms with Gasteiger partial charge in [-0.1, -0.05) is 11.6 Å². The van der Waals surface area contributed by atoms with Crippen molar-refractivity contribution < 1.29 is 14.3 Å². The molecule has 1 aromatic carbocycles. The Morgan fingerprint density at radius 1 is 1.33 bits per heavy atom. The molecule has 0 spiro atoms. The molecule has 1 unspecified atom stereocenters. The second kappa shape index (κ2) is 8.71. The number of thiophene rings is 1. The number of fused-ring (bicyclic) bond motifs is 1. The topological polar surface area (TPSA) is 68.3 Å². The van der Waals surface area contributed by atoms with Crippen LogP contribution in [0.25, 0.3) is 16.5 Å². The number of aromatic nitrogens is 1. The van der Waals surface area contributed by atoms with Gasteiger partial charge in [-0.15, -0.1) is 22.7 Å². The Balaban J connectivity index is 1.39. The SMILES string of the molecule is CC(=O)c1ccc(-c2cc(Cl)c3c(c2)CC(CNC(=O)/C=C/c2cnc(C)s2)O3)s1. The summed E-state index contributed by atoms with van der Waals surface area (Å²) in [6.45, 7) is 3.87. The summed E-state index contributed by atoms with van der Waals surface area (Å²) >= 11 is 9.44. The first-order valence-corrected chi connectivity index (χ1v) is 11.4. The van der Waals surface area contributed by atoms with E-state index in [4.69, 9.17) is 16.3 Å². The number of Topliss-reactive ketones (excluding diaryl/α,β-unsaturated/α-hetero) is 1. The fraction of sp³-hybridized carbons (Fsp3) is 0.227. The predicted molar refractivity (Wildman–Crippen MR) is 122 cm³/mol. The van der Waals surface area contributed by atoms with Gasteiger partial charge in [0.15, 0.2) is 5.78 Å². The second-order valence-corrected chi connectivity index (χ2v) is 9.73. The standard InChI is InChI=1S/C22H19ClN2O3S2/c1-12(26)19-4-5-20(30-19)14-7-15-8-16(28-22(15)18(23)9-14)10-25-21(27)6-3-17-11-24-13(2)29-17/h3-7,9,11,16H,8,10H2,1-2H3,(H,25,27)/b6-3+. The minimum absolute atomic E-state index is 0.0529. The summed E-state index contributed by atoms with van der Waals surface area (Å²) in [5.74, 6) is 0.540. The molecule has 0 bridgehead atoms. The van der Waals surface area contributed by atoms with Crippen LogP contribution in [-0.2, 0) is 11.2 Å². The highest BCUT2D eigenvalue weighted by Crippen LogP contribution is 2.41. The van der Waals surface area contributed by atoms with Crippen LogP contribution in [-0.4, -0.2) is 29.3 Å². The maximum absolute atomic E-state index is 12.1. The molecule has 0 radical (unpaired) electrons. The molecule has 1 aliphatic rings. The lowest BCUT2D eigenvalue weighted by molar-refractivity contribution is -0.116. The van der Waals surface area contributed by atoms with E-state index in [1.54, 1.807) is 19.2 Å². The molecule has 1 amide bonds. The molecule has 30 heavy (non-hydrogen) atoms. The van der Waals surface area contributed by atoms with Gasteiger partial charge in [-0.2, -0.15) is 0 Å². The lowest BCUT2D eigenvalue weighted by atomic mass is 10.1. The lowest BCUT2D eigenvalue weighted by Crippen LogP contribution is -2.33. The third-order valence-corrected chi connectivity index (χ3v) is 7.03. The number of hydrogen-bond donors (Lipinski definition) is 1. The van der Waals surface area contributed by atoms with Gasteiger partial charge in [-0.05, 0) is 49.8 Å². The van der Waals surface area contributed by atoms with E-state index in [-0.39, 0.29) is 17.8 Å². The first-order chi connectivity index (χ1) is 14.4. The quantitative estimate of drug-likeness (QED) is 0.408. The van der Waals surface area contributed by atoms with Crippen molar-refractivity contribution in [1.29, 1.82) is 0 Å². The van der Waals surface area contributed by atoms with Crippen molar-refractivity contribution in [2.45, 2.75) is 26.4 Å². The van der Waals surface area contributed by atoms with Gasteiger partial charge in [-0.3, -0.25) is 9.59 Å². The Bertz CT molecular complexity index is 1150. The highest BCUT2D eigenvalue weighted by molar-refractivity contribution is 7.17. The molecule has 3 heterocycles. The van der Waals surface area contributed by atoms with Crippen LogP contribution in [0.3, 0.4) is 0 Å². The highest BCUT2D eigenvalue weighted by Gasteiger charge is 2.26. The zero-order valence-electron chi connectivity index (χ0n) is 16.4. The largest absolute Gasteiger partial charge is 0.486 e. The number of amides is 1. The highest BCUT2D eigenvalue weighted by atomic mass is 35.5. The van der Waals surface area contributed by atoms with Crippen LogP contribution in [0.5, 0.6) is 5.75 Å². The number of halogens is 1. The molecule has 0 saturated carbocycles. The van der Waals surface area contributed by atoms with E-state index in [1.807, 2.05) is 31.2 Å². The molecule has 0 fully saturated rings. The normalized spacial score (nSPS) is 15.2. The maximum atomic E-state index is 12.1. The number of carbonyl (C=O) groups is 2. The summed E-state index contributed by atoms with van der Waals surface area (Å²) in [7, 11) is 0. The molecule has 3 aromatic rings. The van der Waals surface area contributed by atoms with Crippen LogP contribution in [0, 0.1) is 6.92 Å². The number of aryl methyl sites for hydroxylation is 1. The Morgan fingerprint density at radius 2 is 2.17 bits per heavy atom. The van der Waals surface area contributed by atoms with E-state index in [2.05, 4.69) is 10.3 Å². The number of nitrogens with one attached hydrogen (secondary N) is 1. The molecular weight excluding hydrogens is 440 g/mol. The molecule has 0 saturated heterocycles. The summed E-state index contributed by atoms with van der Waals surface area (Å²) < 4.78 is 5.96. The molecule has 1 N–H and O–H groups in total. The molecular formula is C22H19ClN2O3S2. The van der Waals surface area contributed by atoms with E-state index in [9.17, 15) is 9.59 Å². The first kappa shape index (κ1) is 20.8. The Kier molecular flexibility index (Phi) is 6.04. The number of carbonyl (C=O) groups excluding carboxylic acids is 2. The number of ketones is 1. The molecule has 0 aliphatic carbocycles. The molecule has 8 heteroatoms. The summed E-state index contributed by atoms with van der Waals surface area (Å²) in [6.07, 6.45) is 5.48. The van der Waals surface area contributed by atoms with Crippen molar-refractivity contribution in [3.63, 3.8) is 0 Å². The lowest BCUT2D eigenvalue weighted by Gasteiger charge is -2.11. The summed E-state index contributed by atoms with van der Waals surface area (Å²) in [6, 6.07) is 7.67. The van der Waals surface area contributed by atoms with Crippen LogP contribution in [0.4, 0.5) is 0 Å². The number of thiazole rings is 1. The third kappa shape index (κ3) is 4.64. The molecule has 1 aliphatic heterocycles. The predicted octanol–water partition coefficient (Wildman–Crippen LogP) is 5.17. The maximum Gasteiger partial charge on any atom is 0.244 e. The van der Waals surface area contributed by atoms with Crippen molar-refractivity contribution in [2.24, 2.45) is 0 Å². The van der Waals surface area contributed by atoms with Gasteiger partial charge in [0, 0.05) is 34.0 Å². The zero-order valence-corrected chi connectivity index (χ0v) is 18.8. The second-order valence-electron chi connectivity index (χ2n) is 6.97. The summed E-state index contributed by atoms with van der Waals surface area (Å²) in [5, 5.41) is 4.37. The average molecular weight is 459 g/mol. The van der Waals surface area contributed by atoms with Crippen molar-refractivity contribution in [2.75, 3.05) is 6.54 Å². The van der Waals surface area contributed by atoms with Crippen molar-refractivity contribution >= 4 is 52.0 Å². The number of nitrogens with zero attached hydrogens (tertiary/aromatic N) is 1. The Labute approximate surface area is 187 Å². The smallest absolute Gasteiger partial charge is 0.244 e. The Morgan fingerprint density at radius 3 is 2.87 bits per heavy atom. The number of rotatable bonds is 6. The van der Waals surface area contributed by atoms with E-state index in [1.165, 1.54) is 28.7 Å². The van der Waals surface area contributed by atoms with Crippen LogP contribution >= 0.6 is 34.3 Å². The molecule has 2 aromatic heterocycles. The van der Waals surface area contributed by atoms with Gasteiger partial charge in [0.25, 0.3) is 0 Å². The van der Waals surface area contributed by atoms with Crippen molar-refractivity contribution in [3.05, 3.63) is 61.9 Å². The third-order valence-electron chi connectivity index (χ3n) is 4.63. The van der Waals surface area contributed by atoms with E-state index in [0.29, 0.717) is 23.7 Å². The van der Waals surface area contributed by atoms with Crippen LogP contribution in [0.1, 0.15) is 32.0 Å². The molecule has 154 valence electrons.